The third-order valence-electron chi connectivity index (χ3n) is 3.63. The van der Waals surface area contributed by atoms with Crippen molar-refractivity contribution in [1.82, 2.24) is 0 Å². The van der Waals surface area contributed by atoms with Crippen molar-refractivity contribution in [1.29, 1.82) is 0 Å². The minimum Gasteiger partial charge on any atom is -0.496 e. The number of rotatable bonds is 4. The summed E-state index contributed by atoms with van der Waals surface area (Å²) in [5.74, 6) is 2.63. The molecule has 1 aliphatic carbocycles. The molecule has 4 heteroatoms. The molecule has 2 rings (SSSR count). The Labute approximate surface area is 114 Å². The number of benzene rings is 1. The molecule has 106 valence electrons. The summed E-state index contributed by atoms with van der Waals surface area (Å²) in [5.41, 5.74) is 0. The van der Waals surface area contributed by atoms with Crippen LogP contribution >= 0.6 is 0 Å². The molecule has 0 spiro atoms. The maximum absolute atomic E-state index is 10.0. The van der Waals surface area contributed by atoms with E-state index in [2.05, 4.69) is 6.92 Å². The lowest BCUT2D eigenvalue weighted by atomic mass is 9.86. The molecular formula is C15H22O4. The van der Waals surface area contributed by atoms with E-state index in [1.807, 2.05) is 12.1 Å². The third kappa shape index (κ3) is 3.53. The highest BCUT2D eigenvalue weighted by atomic mass is 16.5. The Morgan fingerprint density at radius 2 is 1.58 bits per heavy atom. The van der Waals surface area contributed by atoms with Gasteiger partial charge in [-0.2, -0.15) is 0 Å². The van der Waals surface area contributed by atoms with Gasteiger partial charge in [0.1, 0.15) is 23.4 Å². The largest absolute Gasteiger partial charge is 0.496 e. The molecule has 4 nitrogen and oxygen atoms in total. The second kappa shape index (κ2) is 6.15. The first-order valence-electron chi connectivity index (χ1n) is 6.70. The summed E-state index contributed by atoms with van der Waals surface area (Å²) < 4.78 is 16.3. The quantitative estimate of drug-likeness (QED) is 0.910. The lowest BCUT2D eigenvalue weighted by Crippen LogP contribution is -2.37. The predicted molar refractivity (Wildman–Crippen MR) is 73.0 cm³/mol. The number of methoxy groups -OCH3 is 2. The van der Waals surface area contributed by atoms with Crippen molar-refractivity contribution in [3.05, 3.63) is 18.2 Å². The van der Waals surface area contributed by atoms with Gasteiger partial charge in [0.05, 0.1) is 20.3 Å². The molecule has 0 aliphatic heterocycles. The predicted octanol–water partition coefficient (Wildman–Crippen LogP) is 2.63. The fourth-order valence-corrected chi connectivity index (χ4v) is 2.46. The van der Waals surface area contributed by atoms with E-state index in [0.717, 1.165) is 19.3 Å². The van der Waals surface area contributed by atoms with E-state index in [9.17, 15) is 5.11 Å². The fraction of sp³-hybridized carbons (Fsp3) is 0.600. The van der Waals surface area contributed by atoms with Crippen LogP contribution in [0.5, 0.6) is 17.2 Å². The molecule has 0 amide bonds. The van der Waals surface area contributed by atoms with E-state index in [-0.39, 0.29) is 6.10 Å². The van der Waals surface area contributed by atoms with Crippen molar-refractivity contribution in [2.75, 3.05) is 14.2 Å². The van der Waals surface area contributed by atoms with Gasteiger partial charge in [0.2, 0.25) is 0 Å². The van der Waals surface area contributed by atoms with Gasteiger partial charge in [0.25, 0.3) is 0 Å². The van der Waals surface area contributed by atoms with Gasteiger partial charge in [-0.3, -0.25) is 0 Å². The molecule has 1 saturated carbocycles. The molecule has 1 aromatic rings. The molecular weight excluding hydrogens is 244 g/mol. The van der Waals surface area contributed by atoms with Crippen molar-refractivity contribution >= 4 is 0 Å². The van der Waals surface area contributed by atoms with Crippen LogP contribution in [-0.4, -0.2) is 31.5 Å². The van der Waals surface area contributed by atoms with Crippen molar-refractivity contribution in [3.63, 3.8) is 0 Å². The number of hydrogen-bond acceptors (Lipinski definition) is 4. The standard InChI is InChI=1S/C15H22O4/c1-10-4-5-14(16)15(6-10)19-13-8-11(17-2)7-12(9-13)18-3/h7-10,14-16H,4-6H2,1-3H3. The molecule has 1 fully saturated rings. The van der Waals surface area contributed by atoms with Gasteiger partial charge in [-0.1, -0.05) is 6.92 Å². The molecule has 1 aliphatic rings. The summed E-state index contributed by atoms with van der Waals surface area (Å²) >= 11 is 0. The summed E-state index contributed by atoms with van der Waals surface area (Å²) in [6, 6.07) is 5.43. The first-order chi connectivity index (χ1) is 9.12. The van der Waals surface area contributed by atoms with E-state index in [4.69, 9.17) is 14.2 Å². The van der Waals surface area contributed by atoms with Crippen LogP contribution in [0.15, 0.2) is 18.2 Å². The minimum absolute atomic E-state index is 0.152. The Morgan fingerprint density at radius 3 is 2.16 bits per heavy atom. The van der Waals surface area contributed by atoms with E-state index in [0.29, 0.717) is 23.2 Å². The Bertz CT molecular complexity index is 396. The van der Waals surface area contributed by atoms with Gasteiger partial charge in [0, 0.05) is 18.2 Å². The lowest BCUT2D eigenvalue weighted by molar-refractivity contribution is -0.00774. The van der Waals surface area contributed by atoms with Gasteiger partial charge >= 0.3 is 0 Å². The molecule has 3 atom stereocenters. The van der Waals surface area contributed by atoms with Gasteiger partial charge in [0.15, 0.2) is 0 Å². The third-order valence-corrected chi connectivity index (χ3v) is 3.63. The van der Waals surface area contributed by atoms with Gasteiger partial charge < -0.3 is 19.3 Å². The molecule has 0 heterocycles. The lowest BCUT2D eigenvalue weighted by Gasteiger charge is -2.32. The van der Waals surface area contributed by atoms with Crippen molar-refractivity contribution in [2.24, 2.45) is 5.92 Å². The highest BCUT2D eigenvalue weighted by Crippen LogP contribution is 2.32. The van der Waals surface area contributed by atoms with Crippen LogP contribution in [-0.2, 0) is 0 Å². The van der Waals surface area contributed by atoms with Crippen LogP contribution in [0.2, 0.25) is 0 Å². The zero-order valence-corrected chi connectivity index (χ0v) is 11.8. The minimum atomic E-state index is -0.395. The average molecular weight is 266 g/mol. The highest BCUT2D eigenvalue weighted by molar-refractivity contribution is 5.42. The average Bonchev–Trinajstić information content (AvgIpc) is 2.42. The highest BCUT2D eigenvalue weighted by Gasteiger charge is 2.28. The maximum atomic E-state index is 10.0. The normalized spacial score (nSPS) is 26.8. The van der Waals surface area contributed by atoms with Crippen LogP contribution in [0.1, 0.15) is 26.2 Å². The molecule has 0 aromatic heterocycles. The molecule has 0 saturated heterocycles. The molecule has 0 radical (unpaired) electrons. The summed E-state index contributed by atoms with van der Waals surface area (Å²) in [7, 11) is 3.21. The van der Waals surface area contributed by atoms with Crippen molar-refractivity contribution in [2.45, 2.75) is 38.4 Å². The van der Waals surface area contributed by atoms with Crippen LogP contribution in [0.25, 0.3) is 0 Å². The van der Waals surface area contributed by atoms with Crippen LogP contribution in [0.4, 0.5) is 0 Å². The number of hydrogen-bond donors (Lipinski definition) is 1. The zero-order valence-electron chi connectivity index (χ0n) is 11.8. The Kier molecular flexibility index (Phi) is 4.53. The molecule has 0 bridgehead atoms. The van der Waals surface area contributed by atoms with Crippen LogP contribution in [0.3, 0.4) is 0 Å². The summed E-state index contributed by atoms with van der Waals surface area (Å²) in [5, 5.41) is 10.0. The molecule has 1 aromatic carbocycles. The maximum Gasteiger partial charge on any atom is 0.127 e. The summed E-state index contributed by atoms with van der Waals surface area (Å²) in [6.07, 6.45) is 2.18. The summed E-state index contributed by atoms with van der Waals surface area (Å²) in [4.78, 5) is 0. The molecule has 19 heavy (non-hydrogen) atoms. The van der Waals surface area contributed by atoms with Crippen molar-refractivity contribution in [3.8, 4) is 17.2 Å². The zero-order chi connectivity index (χ0) is 13.8. The van der Waals surface area contributed by atoms with Gasteiger partial charge in [-0.25, -0.2) is 0 Å². The van der Waals surface area contributed by atoms with Gasteiger partial charge in [-0.15, -0.1) is 0 Å². The summed E-state index contributed by atoms with van der Waals surface area (Å²) in [6.45, 7) is 2.19. The Morgan fingerprint density at radius 1 is 1.00 bits per heavy atom. The monoisotopic (exact) mass is 266 g/mol. The first-order valence-corrected chi connectivity index (χ1v) is 6.70. The van der Waals surface area contributed by atoms with Crippen LogP contribution < -0.4 is 14.2 Å². The Hall–Kier alpha value is -1.42. The number of ether oxygens (including phenoxy) is 3. The topological polar surface area (TPSA) is 47.9 Å². The second-order valence-electron chi connectivity index (χ2n) is 5.19. The number of aliphatic hydroxyl groups excluding tert-OH is 1. The Balaban J connectivity index is 2.13. The van der Waals surface area contributed by atoms with Crippen molar-refractivity contribution < 1.29 is 19.3 Å². The fourth-order valence-electron chi connectivity index (χ4n) is 2.46. The van der Waals surface area contributed by atoms with E-state index in [1.165, 1.54) is 0 Å². The first kappa shape index (κ1) is 14.0. The van der Waals surface area contributed by atoms with E-state index >= 15 is 0 Å². The van der Waals surface area contributed by atoms with Crippen LogP contribution in [0, 0.1) is 5.92 Å². The molecule has 3 unspecified atom stereocenters. The second-order valence-corrected chi connectivity index (χ2v) is 5.19. The van der Waals surface area contributed by atoms with E-state index in [1.54, 1.807) is 20.3 Å². The van der Waals surface area contributed by atoms with E-state index < -0.39 is 6.10 Å². The molecule has 1 N–H and O–H groups in total. The number of aliphatic hydroxyl groups is 1. The van der Waals surface area contributed by atoms with Gasteiger partial charge in [-0.05, 0) is 25.2 Å². The smallest absolute Gasteiger partial charge is 0.127 e. The SMILES string of the molecule is COc1cc(OC)cc(OC2CC(C)CCC2O)c1.